The second-order valence-electron chi connectivity index (χ2n) is 6.75. The summed E-state index contributed by atoms with van der Waals surface area (Å²) in [6.07, 6.45) is 2.24. The molecule has 1 aromatic carbocycles. The van der Waals surface area contributed by atoms with Crippen molar-refractivity contribution >= 4 is 18.3 Å². The van der Waals surface area contributed by atoms with Gasteiger partial charge in [0.25, 0.3) is 0 Å². The number of carbonyl (C=O) groups excluding carboxylic acids is 1. The Kier molecular flexibility index (Phi) is 6.61. The predicted octanol–water partition coefficient (Wildman–Crippen LogP) is 2.41. The molecule has 2 aliphatic rings. The Hall–Kier alpha value is -1.17. The van der Waals surface area contributed by atoms with Gasteiger partial charge in [-0.3, -0.25) is 4.79 Å². The Bertz CT molecular complexity index is 564. The van der Waals surface area contributed by atoms with E-state index in [9.17, 15) is 9.18 Å². The molecule has 0 bridgehead atoms. The van der Waals surface area contributed by atoms with Crippen LogP contribution in [0.25, 0.3) is 0 Å². The number of piperidine rings is 1. The third-order valence-corrected chi connectivity index (χ3v) is 5.30. The first kappa shape index (κ1) is 19.2. The largest absolute Gasteiger partial charge is 0.381 e. The van der Waals surface area contributed by atoms with Gasteiger partial charge in [0.2, 0.25) is 5.91 Å². The molecule has 3 rings (SSSR count). The quantitative estimate of drug-likeness (QED) is 0.874. The van der Waals surface area contributed by atoms with E-state index in [0.29, 0.717) is 32.0 Å². The van der Waals surface area contributed by atoms with Crippen molar-refractivity contribution in [2.75, 3.05) is 26.3 Å². The fraction of sp³-hybridized carbons (Fsp3) is 0.611. The van der Waals surface area contributed by atoms with E-state index in [4.69, 9.17) is 4.74 Å². The van der Waals surface area contributed by atoms with Crippen LogP contribution in [0.3, 0.4) is 0 Å². The van der Waals surface area contributed by atoms with E-state index in [1.165, 1.54) is 12.1 Å². The summed E-state index contributed by atoms with van der Waals surface area (Å²) in [7, 11) is 0. The van der Waals surface area contributed by atoms with E-state index in [2.05, 4.69) is 17.6 Å². The zero-order valence-corrected chi connectivity index (χ0v) is 14.8. The second-order valence-corrected chi connectivity index (χ2v) is 6.75. The van der Waals surface area contributed by atoms with Crippen molar-refractivity contribution in [1.82, 2.24) is 10.6 Å². The van der Waals surface area contributed by atoms with Crippen LogP contribution in [0.15, 0.2) is 24.3 Å². The van der Waals surface area contributed by atoms with E-state index < -0.39 is 5.41 Å². The average Bonchev–Trinajstić information content (AvgIpc) is 2.57. The smallest absolute Gasteiger partial charge is 0.231 e. The number of ether oxygens (including phenoxy) is 1. The number of nitrogens with one attached hydrogen (secondary N) is 2. The first-order valence-electron chi connectivity index (χ1n) is 8.47. The van der Waals surface area contributed by atoms with Crippen LogP contribution in [0.4, 0.5) is 4.39 Å². The lowest BCUT2D eigenvalue weighted by Gasteiger charge is -2.39. The molecule has 0 saturated carbocycles. The van der Waals surface area contributed by atoms with Crippen LogP contribution in [-0.2, 0) is 14.9 Å². The summed E-state index contributed by atoms with van der Waals surface area (Å²) in [6.45, 7) is 5.02. The Morgan fingerprint density at radius 3 is 2.79 bits per heavy atom. The lowest BCUT2D eigenvalue weighted by Crippen LogP contribution is -2.56. The maximum absolute atomic E-state index is 13.7. The van der Waals surface area contributed by atoms with Crippen LogP contribution in [0.1, 0.15) is 31.7 Å². The van der Waals surface area contributed by atoms with Gasteiger partial charge in [0.15, 0.2) is 0 Å². The normalized spacial score (nSPS) is 26.2. The van der Waals surface area contributed by atoms with Crippen molar-refractivity contribution < 1.29 is 13.9 Å². The molecule has 2 aliphatic heterocycles. The molecule has 6 heteroatoms. The number of amides is 1. The minimum absolute atomic E-state index is 0. The van der Waals surface area contributed by atoms with Gasteiger partial charge in [-0.25, -0.2) is 4.39 Å². The predicted molar refractivity (Wildman–Crippen MR) is 94.0 cm³/mol. The van der Waals surface area contributed by atoms with Crippen LogP contribution in [0, 0.1) is 11.7 Å². The third-order valence-electron chi connectivity index (χ3n) is 5.30. The van der Waals surface area contributed by atoms with Gasteiger partial charge in [0.05, 0.1) is 5.41 Å². The zero-order valence-electron chi connectivity index (χ0n) is 14.0. The Balaban J connectivity index is 0.00000208. The number of carbonyl (C=O) groups is 1. The third kappa shape index (κ3) is 3.90. The molecule has 134 valence electrons. The maximum Gasteiger partial charge on any atom is 0.231 e. The molecule has 2 heterocycles. The maximum atomic E-state index is 13.7. The summed E-state index contributed by atoms with van der Waals surface area (Å²) in [5, 5.41) is 6.55. The Morgan fingerprint density at radius 1 is 1.38 bits per heavy atom. The highest BCUT2D eigenvalue weighted by molar-refractivity contribution is 5.88. The molecule has 2 unspecified atom stereocenters. The molecule has 1 aromatic rings. The van der Waals surface area contributed by atoms with Crippen molar-refractivity contribution in [3.63, 3.8) is 0 Å². The van der Waals surface area contributed by atoms with E-state index in [1.807, 2.05) is 6.07 Å². The molecule has 4 nitrogen and oxygen atoms in total. The number of hydrogen-bond donors (Lipinski definition) is 2. The SMILES string of the molecule is CC1CCNCC1NC(=O)C1(c2cccc(F)c2)CCOCC1.Cl. The fourth-order valence-electron chi connectivity index (χ4n) is 3.64. The minimum atomic E-state index is -0.683. The van der Waals surface area contributed by atoms with Crippen molar-refractivity contribution in [3.05, 3.63) is 35.6 Å². The molecule has 24 heavy (non-hydrogen) atoms. The lowest BCUT2D eigenvalue weighted by molar-refractivity contribution is -0.131. The first-order valence-corrected chi connectivity index (χ1v) is 8.47. The number of halogens is 2. The topological polar surface area (TPSA) is 50.4 Å². The van der Waals surface area contributed by atoms with Gasteiger partial charge in [-0.1, -0.05) is 19.1 Å². The molecular weight excluding hydrogens is 331 g/mol. The highest BCUT2D eigenvalue weighted by Gasteiger charge is 2.43. The average molecular weight is 357 g/mol. The molecule has 2 N–H and O–H groups in total. The molecule has 0 spiro atoms. The summed E-state index contributed by atoms with van der Waals surface area (Å²) in [4.78, 5) is 13.1. The van der Waals surface area contributed by atoms with E-state index in [0.717, 1.165) is 25.1 Å². The molecule has 0 aromatic heterocycles. The monoisotopic (exact) mass is 356 g/mol. The van der Waals surface area contributed by atoms with Crippen molar-refractivity contribution in [3.8, 4) is 0 Å². The second kappa shape index (κ2) is 8.28. The molecule has 2 fully saturated rings. The fourth-order valence-corrected chi connectivity index (χ4v) is 3.64. The molecule has 2 saturated heterocycles. The minimum Gasteiger partial charge on any atom is -0.381 e. The van der Waals surface area contributed by atoms with Crippen LogP contribution in [-0.4, -0.2) is 38.3 Å². The van der Waals surface area contributed by atoms with Gasteiger partial charge in [-0.05, 0) is 49.4 Å². The molecule has 0 aliphatic carbocycles. The summed E-state index contributed by atoms with van der Waals surface area (Å²) < 4.78 is 19.2. The standard InChI is InChI=1S/C18H25FN2O2.ClH/c1-13-5-8-20-12-16(13)21-17(22)18(6-9-23-10-7-18)14-3-2-4-15(19)11-14;/h2-4,11,13,16,20H,5-10,12H2,1H3,(H,21,22);1H. The van der Waals surface area contributed by atoms with Crippen LogP contribution in [0.5, 0.6) is 0 Å². The van der Waals surface area contributed by atoms with E-state index in [1.54, 1.807) is 6.07 Å². The Morgan fingerprint density at radius 2 is 2.12 bits per heavy atom. The summed E-state index contributed by atoms with van der Waals surface area (Å²) in [5.41, 5.74) is 0.0760. The Labute approximate surface area is 148 Å². The summed E-state index contributed by atoms with van der Waals surface area (Å²) in [6, 6.07) is 6.58. The summed E-state index contributed by atoms with van der Waals surface area (Å²) >= 11 is 0. The van der Waals surface area contributed by atoms with Crippen LogP contribution < -0.4 is 10.6 Å². The number of hydrogen-bond acceptors (Lipinski definition) is 3. The summed E-state index contributed by atoms with van der Waals surface area (Å²) in [5.74, 6) is 0.158. The highest BCUT2D eigenvalue weighted by Crippen LogP contribution is 2.36. The van der Waals surface area contributed by atoms with Gasteiger partial charge in [-0.2, -0.15) is 0 Å². The van der Waals surface area contributed by atoms with Gasteiger partial charge in [-0.15, -0.1) is 12.4 Å². The van der Waals surface area contributed by atoms with Gasteiger partial charge < -0.3 is 15.4 Å². The van der Waals surface area contributed by atoms with Gasteiger partial charge in [0.1, 0.15) is 5.82 Å². The van der Waals surface area contributed by atoms with Crippen molar-refractivity contribution in [2.24, 2.45) is 5.92 Å². The molecular formula is C18H26ClFN2O2. The van der Waals surface area contributed by atoms with Gasteiger partial charge >= 0.3 is 0 Å². The van der Waals surface area contributed by atoms with Crippen molar-refractivity contribution in [2.45, 2.75) is 37.6 Å². The number of rotatable bonds is 3. The van der Waals surface area contributed by atoms with E-state index in [-0.39, 0.29) is 30.2 Å². The van der Waals surface area contributed by atoms with Crippen molar-refractivity contribution in [1.29, 1.82) is 0 Å². The first-order chi connectivity index (χ1) is 11.1. The van der Waals surface area contributed by atoms with Crippen LogP contribution in [0.2, 0.25) is 0 Å². The molecule has 2 atom stereocenters. The zero-order chi connectivity index (χ0) is 16.3. The highest BCUT2D eigenvalue weighted by atomic mass is 35.5. The van der Waals surface area contributed by atoms with Gasteiger partial charge in [0, 0.05) is 25.8 Å². The lowest BCUT2D eigenvalue weighted by atomic mass is 9.73. The molecule has 1 amide bonds. The van der Waals surface area contributed by atoms with E-state index >= 15 is 0 Å². The number of benzene rings is 1. The van der Waals surface area contributed by atoms with Crippen LogP contribution >= 0.6 is 12.4 Å². The molecule has 0 radical (unpaired) electrons.